The van der Waals surface area contributed by atoms with E-state index in [4.69, 9.17) is 4.74 Å². The minimum Gasteiger partial charge on any atom is -0.444 e. The van der Waals surface area contributed by atoms with Crippen LogP contribution in [0, 0.1) is 12.8 Å². The summed E-state index contributed by atoms with van der Waals surface area (Å²) in [6.07, 6.45) is 0.829. The molecule has 0 aliphatic carbocycles. The molecular weight excluding hydrogens is 478 g/mol. The monoisotopic (exact) mass is 523 g/mol. The van der Waals surface area contributed by atoms with E-state index < -0.39 is 23.8 Å². The second kappa shape index (κ2) is 13.4. The maximum atomic E-state index is 14.2. The average molecular weight is 524 g/mol. The number of carbonyl (C=O) groups excluding carboxylic acids is 3. The van der Waals surface area contributed by atoms with Crippen molar-refractivity contribution in [2.45, 2.75) is 98.9 Å². The molecule has 0 spiro atoms. The van der Waals surface area contributed by atoms with Crippen molar-refractivity contribution in [3.63, 3.8) is 0 Å². The normalized spacial score (nSPS) is 13.8. The van der Waals surface area contributed by atoms with Crippen LogP contribution in [0.15, 0.2) is 48.5 Å². The summed E-state index contributed by atoms with van der Waals surface area (Å²) in [6, 6.07) is 13.3. The van der Waals surface area contributed by atoms with Crippen LogP contribution in [0.5, 0.6) is 0 Å². The SMILES string of the molecule is CCc1ccc(C(C(=O)Nc2ccccc2C)N(C(=O)C(NC(=O)OC(C)(C)C)C(C)C)C(C)CC)cc1. The minimum absolute atomic E-state index is 0.232. The van der Waals surface area contributed by atoms with Crippen molar-refractivity contribution in [2.75, 3.05) is 5.32 Å². The summed E-state index contributed by atoms with van der Waals surface area (Å²) in [5.74, 6) is -0.870. The molecule has 38 heavy (non-hydrogen) atoms. The molecule has 2 aromatic rings. The van der Waals surface area contributed by atoms with Crippen LogP contribution in [0.1, 0.15) is 84.5 Å². The van der Waals surface area contributed by atoms with Gasteiger partial charge in [0.25, 0.3) is 5.91 Å². The highest BCUT2D eigenvalue weighted by Crippen LogP contribution is 2.29. The summed E-state index contributed by atoms with van der Waals surface area (Å²) in [6.45, 7) is 17.0. The van der Waals surface area contributed by atoms with E-state index in [1.54, 1.807) is 25.7 Å². The summed E-state index contributed by atoms with van der Waals surface area (Å²) < 4.78 is 5.45. The molecule has 0 radical (unpaired) electrons. The molecule has 0 aromatic heterocycles. The van der Waals surface area contributed by atoms with Crippen molar-refractivity contribution in [1.29, 1.82) is 0 Å². The predicted octanol–water partition coefficient (Wildman–Crippen LogP) is 6.41. The summed E-state index contributed by atoms with van der Waals surface area (Å²) in [5, 5.41) is 5.82. The van der Waals surface area contributed by atoms with Gasteiger partial charge in [0.05, 0.1) is 0 Å². The first kappa shape index (κ1) is 30.9. The summed E-state index contributed by atoms with van der Waals surface area (Å²) in [7, 11) is 0. The number of para-hydroxylation sites is 1. The molecule has 2 aromatic carbocycles. The Morgan fingerprint density at radius 1 is 0.947 bits per heavy atom. The topological polar surface area (TPSA) is 87.7 Å². The van der Waals surface area contributed by atoms with Crippen LogP contribution >= 0.6 is 0 Å². The van der Waals surface area contributed by atoms with Crippen molar-refractivity contribution in [3.8, 4) is 0 Å². The molecule has 2 rings (SSSR count). The fourth-order valence-corrected chi connectivity index (χ4v) is 4.19. The molecule has 0 aliphatic heterocycles. The van der Waals surface area contributed by atoms with Gasteiger partial charge in [0.2, 0.25) is 5.91 Å². The summed E-state index contributed by atoms with van der Waals surface area (Å²) >= 11 is 0. The fraction of sp³-hybridized carbons (Fsp3) is 0.516. The number of rotatable bonds is 10. The molecule has 0 saturated carbocycles. The number of benzene rings is 2. The van der Waals surface area contributed by atoms with Crippen LogP contribution in [-0.4, -0.2) is 40.5 Å². The van der Waals surface area contributed by atoms with Gasteiger partial charge in [0, 0.05) is 11.7 Å². The van der Waals surface area contributed by atoms with Crippen LogP contribution in [0.2, 0.25) is 0 Å². The molecule has 0 aliphatic rings. The number of amides is 3. The molecular formula is C31H45N3O4. The Kier molecular flexibility index (Phi) is 10.9. The van der Waals surface area contributed by atoms with Crippen molar-refractivity contribution in [3.05, 3.63) is 65.2 Å². The standard InChI is InChI=1S/C31H45N3O4/c1-10-22(6)34(29(36)26(20(3)4)33-30(37)38-31(7,8)9)27(24-18-16-23(11-2)17-19-24)28(35)32-25-15-13-12-14-21(25)5/h12-20,22,26-27H,10-11H2,1-9H3,(H,32,35)(H,33,37). The van der Waals surface area contributed by atoms with Crippen LogP contribution in [0.25, 0.3) is 0 Å². The zero-order chi connectivity index (χ0) is 28.6. The van der Waals surface area contributed by atoms with Gasteiger partial charge in [-0.15, -0.1) is 0 Å². The van der Waals surface area contributed by atoms with E-state index in [-0.39, 0.29) is 23.8 Å². The van der Waals surface area contributed by atoms with E-state index in [2.05, 4.69) is 17.6 Å². The number of aryl methyl sites for hydroxylation is 2. The quantitative estimate of drug-likeness (QED) is 0.376. The van der Waals surface area contributed by atoms with Gasteiger partial charge in [-0.1, -0.05) is 70.2 Å². The molecule has 0 heterocycles. The largest absolute Gasteiger partial charge is 0.444 e. The highest BCUT2D eigenvalue weighted by Gasteiger charge is 2.39. The molecule has 7 nitrogen and oxygen atoms in total. The maximum Gasteiger partial charge on any atom is 0.408 e. The zero-order valence-electron chi connectivity index (χ0n) is 24.4. The van der Waals surface area contributed by atoms with Crippen molar-refractivity contribution in [2.24, 2.45) is 5.92 Å². The maximum absolute atomic E-state index is 14.2. The first-order valence-corrected chi connectivity index (χ1v) is 13.6. The molecule has 208 valence electrons. The lowest BCUT2D eigenvalue weighted by Crippen LogP contribution is -2.56. The molecule has 0 bridgehead atoms. The third-order valence-corrected chi connectivity index (χ3v) is 6.56. The van der Waals surface area contributed by atoms with Gasteiger partial charge in [-0.25, -0.2) is 4.79 Å². The number of nitrogens with zero attached hydrogens (tertiary/aromatic N) is 1. The number of hydrogen-bond donors (Lipinski definition) is 2. The number of anilines is 1. The Labute approximate surface area is 228 Å². The molecule has 7 heteroatoms. The Morgan fingerprint density at radius 2 is 1.55 bits per heavy atom. The van der Waals surface area contributed by atoms with Crippen molar-refractivity contribution < 1.29 is 19.1 Å². The van der Waals surface area contributed by atoms with Gasteiger partial charge in [0.1, 0.15) is 17.7 Å². The first-order chi connectivity index (χ1) is 17.8. The highest BCUT2D eigenvalue weighted by atomic mass is 16.6. The predicted molar refractivity (Wildman–Crippen MR) is 153 cm³/mol. The van der Waals surface area contributed by atoms with Crippen molar-refractivity contribution in [1.82, 2.24) is 10.2 Å². The average Bonchev–Trinajstić information content (AvgIpc) is 2.85. The van der Waals surface area contributed by atoms with E-state index in [0.717, 1.165) is 17.5 Å². The number of hydrogen-bond acceptors (Lipinski definition) is 4. The van der Waals surface area contributed by atoms with Crippen molar-refractivity contribution >= 4 is 23.6 Å². The van der Waals surface area contributed by atoms with Crippen LogP contribution in [-0.2, 0) is 20.7 Å². The third-order valence-electron chi connectivity index (χ3n) is 6.56. The van der Waals surface area contributed by atoms with Crippen LogP contribution < -0.4 is 10.6 Å². The fourth-order valence-electron chi connectivity index (χ4n) is 4.19. The lowest BCUT2D eigenvalue weighted by atomic mass is 9.95. The lowest BCUT2D eigenvalue weighted by molar-refractivity contribution is -0.144. The van der Waals surface area contributed by atoms with Crippen LogP contribution in [0.3, 0.4) is 0 Å². The molecule has 0 fully saturated rings. The Balaban J connectivity index is 2.57. The first-order valence-electron chi connectivity index (χ1n) is 13.6. The van der Waals surface area contributed by atoms with Gasteiger partial charge in [-0.3, -0.25) is 9.59 Å². The summed E-state index contributed by atoms with van der Waals surface area (Å²) in [4.78, 5) is 42.5. The molecule has 0 saturated heterocycles. The van der Waals surface area contributed by atoms with Gasteiger partial charge >= 0.3 is 6.09 Å². The Bertz CT molecular complexity index is 1090. The minimum atomic E-state index is -0.898. The van der Waals surface area contributed by atoms with Crippen LogP contribution in [0.4, 0.5) is 10.5 Å². The van der Waals surface area contributed by atoms with Gasteiger partial charge in [-0.2, -0.15) is 0 Å². The zero-order valence-corrected chi connectivity index (χ0v) is 24.4. The van der Waals surface area contributed by atoms with Gasteiger partial charge in [0.15, 0.2) is 0 Å². The van der Waals surface area contributed by atoms with Gasteiger partial charge in [-0.05, 0) is 76.1 Å². The number of carbonyl (C=O) groups is 3. The molecule has 3 amide bonds. The highest BCUT2D eigenvalue weighted by molar-refractivity contribution is 5.99. The Hall–Kier alpha value is -3.35. The number of nitrogens with one attached hydrogen (secondary N) is 2. The Morgan fingerprint density at radius 3 is 2.05 bits per heavy atom. The van der Waals surface area contributed by atoms with Gasteiger partial charge < -0.3 is 20.3 Å². The molecule has 3 unspecified atom stereocenters. The second-order valence-corrected chi connectivity index (χ2v) is 11.2. The third kappa shape index (κ3) is 8.33. The van der Waals surface area contributed by atoms with E-state index >= 15 is 0 Å². The molecule has 2 N–H and O–H groups in total. The van der Waals surface area contributed by atoms with E-state index in [9.17, 15) is 14.4 Å². The number of alkyl carbamates (subject to hydrolysis) is 1. The number of ether oxygens (including phenoxy) is 1. The smallest absolute Gasteiger partial charge is 0.408 e. The van der Waals surface area contributed by atoms with E-state index in [1.807, 2.05) is 83.1 Å². The summed E-state index contributed by atoms with van der Waals surface area (Å²) in [5.41, 5.74) is 2.76. The molecule has 3 atom stereocenters. The van der Waals surface area contributed by atoms with E-state index in [0.29, 0.717) is 17.7 Å². The second-order valence-electron chi connectivity index (χ2n) is 11.2. The van der Waals surface area contributed by atoms with E-state index in [1.165, 1.54) is 0 Å². The lowest BCUT2D eigenvalue weighted by Gasteiger charge is -2.39.